The Hall–Kier alpha value is -3.82. The van der Waals surface area contributed by atoms with Crippen molar-refractivity contribution in [2.75, 3.05) is 23.0 Å². The minimum Gasteiger partial charge on any atom is -0.550 e. The number of amides is 1. The van der Waals surface area contributed by atoms with Crippen LogP contribution in [0.4, 0.5) is 22.1 Å². The maximum absolute atomic E-state index is 11.5. The van der Waals surface area contributed by atoms with Gasteiger partial charge in [0.1, 0.15) is 5.69 Å². The van der Waals surface area contributed by atoms with Crippen molar-refractivity contribution in [3.63, 3.8) is 0 Å². The summed E-state index contributed by atoms with van der Waals surface area (Å²) in [6, 6.07) is 8.41. The van der Waals surface area contributed by atoms with Gasteiger partial charge in [0.25, 0.3) is 0 Å². The summed E-state index contributed by atoms with van der Waals surface area (Å²) in [5.74, 6) is -1.22. The van der Waals surface area contributed by atoms with Crippen molar-refractivity contribution < 1.29 is 34.3 Å². The zero-order valence-corrected chi connectivity index (χ0v) is 19.2. The third kappa shape index (κ3) is 7.09. The second-order valence-corrected chi connectivity index (χ2v) is 7.91. The molecule has 6 N–H and O–H groups in total. The fourth-order valence-electron chi connectivity index (χ4n) is 3.92. The highest BCUT2D eigenvalue weighted by atomic mass is 16.5. The number of aryl methyl sites for hydroxylation is 2. The predicted molar refractivity (Wildman–Crippen MR) is 121 cm³/mol. The number of hydrogen-bond donors (Lipinski definition) is 4. The van der Waals surface area contributed by atoms with Gasteiger partial charge in [0, 0.05) is 6.07 Å². The number of rotatable bonds is 6. The Balaban J connectivity index is 0.000000479. The van der Waals surface area contributed by atoms with Crippen molar-refractivity contribution in [2.24, 2.45) is 0 Å². The Labute approximate surface area is 192 Å². The molecule has 0 saturated heterocycles. The lowest BCUT2D eigenvalue weighted by Crippen LogP contribution is -2.24. The van der Waals surface area contributed by atoms with Crippen LogP contribution in [0.1, 0.15) is 60.9 Å². The summed E-state index contributed by atoms with van der Waals surface area (Å²) in [5, 5.41) is 23.2. The van der Waals surface area contributed by atoms with Gasteiger partial charge in [-0.15, -0.1) is 0 Å². The molecule has 178 valence electrons. The van der Waals surface area contributed by atoms with Gasteiger partial charge in [-0.2, -0.15) is 0 Å². The van der Waals surface area contributed by atoms with Crippen LogP contribution < -0.4 is 26.5 Å². The molecule has 33 heavy (non-hydrogen) atoms. The molecule has 1 amide bonds. The van der Waals surface area contributed by atoms with Gasteiger partial charge in [0.05, 0.1) is 25.0 Å². The lowest BCUT2D eigenvalue weighted by atomic mass is 9.97. The van der Waals surface area contributed by atoms with E-state index in [1.807, 2.05) is 6.07 Å². The number of nitrogen functional groups attached to an aromatic ring is 1. The molecule has 2 unspecified atom stereocenters. The van der Waals surface area contributed by atoms with Gasteiger partial charge >= 0.3 is 12.1 Å². The van der Waals surface area contributed by atoms with Gasteiger partial charge in [-0.3, -0.25) is 15.4 Å². The standard InChI is InChI=1S/C20H26N4O2.C3H4O4/c1-5-26-20(25)23-15-6-7-17(24-19(15)21)22-16-10-12(3)14-9-11(2)8-13(4)18(14)16;4-2(5)1-3(6)7/h6-9,12,16H,5,10H2,1-4H3,(H,23,25)(H3,21,22,24);1H2,(H,4,5)(H,6,7). The maximum atomic E-state index is 11.5. The number of H-pyrrole nitrogens is 1. The summed E-state index contributed by atoms with van der Waals surface area (Å²) in [7, 11) is 0. The van der Waals surface area contributed by atoms with E-state index in [4.69, 9.17) is 15.6 Å². The van der Waals surface area contributed by atoms with Crippen molar-refractivity contribution >= 4 is 35.4 Å². The molecule has 1 aromatic heterocycles. The van der Waals surface area contributed by atoms with Crippen molar-refractivity contribution in [3.8, 4) is 0 Å². The Morgan fingerprint density at radius 3 is 2.52 bits per heavy atom. The third-order valence-electron chi connectivity index (χ3n) is 5.15. The number of anilines is 3. The number of carbonyl (C=O) groups excluding carboxylic acids is 2. The fraction of sp³-hybridized carbons (Fsp3) is 0.391. The molecule has 1 aromatic carbocycles. The zero-order chi connectivity index (χ0) is 24.7. The molecule has 0 fully saturated rings. The first-order valence-electron chi connectivity index (χ1n) is 10.6. The van der Waals surface area contributed by atoms with E-state index in [0.29, 0.717) is 24.0 Å². The number of carbonyl (C=O) groups is 3. The summed E-state index contributed by atoms with van der Waals surface area (Å²) >= 11 is 0. The number of carboxylic acid groups (broad SMARTS) is 2. The second-order valence-electron chi connectivity index (χ2n) is 7.91. The average molecular weight is 459 g/mol. The van der Waals surface area contributed by atoms with E-state index >= 15 is 0 Å². The lowest BCUT2D eigenvalue weighted by Gasteiger charge is -2.15. The molecule has 10 heteroatoms. The predicted octanol–water partition coefficient (Wildman–Crippen LogP) is 2.14. The van der Waals surface area contributed by atoms with Crippen LogP contribution in [0.15, 0.2) is 24.3 Å². The van der Waals surface area contributed by atoms with Crippen LogP contribution in [0.5, 0.6) is 0 Å². The molecule has 2 atom stereocenters. The van der Waals surface area contributed by atoms with Crippen molar-refractivity contribution in [1.29, 1.82) is 0 Å². The smallest absolute Gasteiger partial charge is 0.411 e. The van der Waals surface area contributed by atoms with Gasteiger partial charge in [-0.05, 0) is 55.9 Å². The first kappa shape index (κ1) is 25.4. The molecule has 0 radical (unpaired) electrons. The topological polar surface area (TPSA) is 168 Å². The summed E-state index contributed by atoms with van der Waals surface area (Å²) in [6.07, 6.45) is -0.395. The Bertz CT molecular complexity index is 1030. The number of pyridine rings is 1. The van der Waals surface area contributed by atoms with Crippen LogP contribution in [-0.4, -0.2) is 29.7 Å². The summed E-state index contributed by atoms with van der Waals surface area (Å²) in [6.45, 7) is 8.65. The molecular weight excluding hydrogens is 428 g/mol. The van der Waals surface area contributed by atoms with Crippen LogP contribution in [-0.2, 0) is 14.3 Å². The fourth-order valence-corrected chi connectivity index (χ4v) is 3.92. The quantitative estimate of drug-likeness (QED) is 0.477. The number of nitrogens with two attached hydrogens (primary N) is 1. The Morgan fingerprint density at radius 2 is 1.97 bits per heavy atom. The van der Waals surface area contributed by atoms with Crippen molar-refractivity contribution in [3.05, 3.63) is 46.5 Å². The largest absolute Gasteiger partial charge is 0.550 e. The number of aliphatic carboxylic acids is 2. The van der Waals surface area contributed by atoms with Crippen molar-refractivity contribution in [2.45, 2.75) is 52.5 Å². The zero-order valence-electron chi connectivity index (χ0n) is 19.2. The maximum Gasteiger partial charge on any atom is 0.411 e. The first-order chi connectivity index (χ1) is 15.5. The van der Waals surface area contributed by atoms with Gasteiger partial charge in [-0.1, -0.05) is 24.6 Å². The number of hydrogen-bond acceptors (Lipinski definition) is 7. The number of aromatic amines is 1. The number of ether oxygens (including phenoxy) is 1. The molecule has 1 aliphatic carbocycles. The summed E-state index contributed by atoms with van der Waals surface area (Å²) in [4.78, 5) is 33.4. The second kappa shape index (κ2) is 11.2. The van der Waals surface area contributed by atoms with Gasteiger partial charge < -0.3 is 25.5 Å². The first-order valence-corrected chi connectivity index (χ1v) is 10.6. The highest BCUT2D eigenvalue weighted by Gasteiger charge is 2.32. The van der Waals surface area contributed by atoms with Crippen LogP contribution in [0, 0.1) is 13.8 Å². The van der Waals surface area contributed by atoms with Crippen LogP contribution in [0.2, 0.25) is 0 Å². The van der Waals surface area contributed by atoms with Crippen LogP contribution in [0.25, 0.3) is 0 Å². The van der Waals surface area contributed by atoms with Gasteiger partial charge in [0.2, 0.25) is 11.6 Å². The van der Waals surface area contributed by atoms with E-state index in [-0.39, 0.29) is 6.04 Å². The van der Waals surface area contributed by atoms with E-state index in [2.05, 4.69) is 48.5 Å². The minimum absolute atomic E-state index is 0.236. The van der Waals surface area contributed by atoms with Gasteiger partial charge in [0.15, 0.2) is 0 Å². The Kier molecular flexibility index (Phi) is 8.61. The number of carboxylic acids is 2. The molecule has 10 nitrogen and oxygen atoms in total. The summed E-state index contributed by atoms with van der Waals surface area (Å²) in [5.41, 5.74) is 12.0. The van der Waals surface area contributed by atoms with E-state index in [0.717, 1.165) is 12.2 Å². The minimum atomic E-state index is -1.56. The molecule has 0 saturated carbocycles. The monoisotopic (exact) mass is 458 g/mol. The number of aromatic nitrogens is 1. The highest BCUT2D eigenvalue weighted by molar-refractivity contribution is 5.88. The van der Waals surface area contributed by atoms with E-state index in [1.54, 1.807) is 13.0 Å². The Morgan fingerprint density at radius 1 is 1.27 bits per heavy atom. The number of benzene rings is 1. The number of nitrogens with one attached hydrogen (secondary N) is 3. The van der Waals surface area contributed by atoms with Crippen LogP contribution in [0.3, 0.4) is 0 Å². The van der Waals surface area contributed by atoms with E-state index in [9.17, 15) is 19.5 Å². The average Bonchev–Trinajstić information content (AvgIpc) is 2.99. The molecular formula is C23H30N4O6. The SMILES string of the molecule is CCOC(=O)Nc1ccc(NC2CC(C)c3cc(C)cc(C)c32)[nH+]c1N.O=C([O-])CC(=O)O. The summed E-state index contributed by atoms with van der Waals surface area (Å²) < 4.78 is 4.88. The number of fused-ring (bicyclic) bond motifs is 1. The van der Waals surface area contributed by atoms with E-state index < -0.39 is 24.5 Å². The molecule has 2 aromatic rings. The van der Waals surface area contributed by atoms with E-state index in [1.165, 1.54) is 22.3 Å². The normalized spacial score (nSPS) is 16.1. The highest BCUT2D eigenvalue weighted by Crippen LogP contribution is 2.43. The molecule has 1 aliphatic rings. The molecule has 0 spiro atoms. The lowest BCUT2D eigenvalue weighted by molar-refractivity contribution is -0.342. The third-order valence-corrected chi connectivity index (χ3v) is 5.15. The van der Waals surface area contributed by atoms with Gasteiger partial charge in [-0.25, -0.2) is 9.78 Å². The van der Waals surface area contributed by atoms with Crippen molar-refractivity contribution in [1.82, 2.24) is 0 Å². The molecule has 3 rings (SSSR count). The molecule has 1 heterocycles. The van der Waals surface area contributed by atoms with Crippen LogP contribution >= 0.6 is 0 Å². The molecule has 0 bridgehead atoms. The molecule has 0 aliphatic heterocycles.